The van der Waals surface area contributed by atoms with Crippen LogP contribution >= 0.6 is 0 Å². The van der Waals surface area contributed by atoms with Crippen molar-refractivity contribution in [2.24, 2.45) is 5.73 Å². The number of aromatic nitrogens is 1. The largest absolute Gasteiger partial charge is 0.465 e. The van der Waals surface area contributed by atoms with E-state index in [1.54, 1.807) is 32.9 Å². The third-order valence-electron chi connectivity index (χ3n) is 2.55. The van der Waals surface area contributed by atoms with Gasteiger partial charge in [0, 0.05) is 0 Å². The monoisotopic (exact) mass is 251 g/mol. The van der Waals surface area contributed by atoms with Gasteiger partial charge in [-0.15, -0.1) is 0 Å². The van der Waals surface area contributed by atoms with E-state index in [4.69, 9.17) is 5.73 Å². The summed E-state index contributed by atoms with van der Waals surface area (Å²) in [6, 6.07) is 3.19. The van der Waals surface area contributed by atoms with Crippen LogP contribution in [-0.4, -0.2) is 29.5 Å². The summed E-state index contributed by atoms with van der Waals surface area (Å²) in [7, 11) is 1.31. The SMILES string of the molecule is COC(=O)c1ccc(NC(C)(C)C(N)=O)nc1C. The van der Waals surface area contributed by atoms with Crippen molar-refractivity contribution >= 4 is 17.7 Å². The van der Waals surface area contributed by atoms with Crippen molar-refractivity contribution in [1.29, 1.82) is 0 Å². The molecule has 0 saturated carbocycles. The summed E-state index contributed by atoms with van der Waals surface area (Å²) in [5.74, 6) is -0.455. The first-order valence-corrected chi connectivity index (χ1v) is 5.42. The molecule has 0 unspecified atom stereocenters. The quantitative estimate of drug-likeness (QED) is 0.774. The molecule has 1 aromatic rings. The molecule has 1 rings (SSSR count). The summed E-state index contributed by atoms with van der Waals surface area (Å²) < 4.78 is 4.62. The van der Waals surface area contributed by atoms with E-state index in [1.807, 2.05) is 0 Å². The van der Waals surface area contributed by atoms with Crippen molar-refractivity contribution in [2.75, 3.05) is 12.4 Å². The van der Waals surface area contributed by atoms with E-state index in [-0.39, 0.29) is 0 Å². The molecule has 18 heavy (non-hydrogen) atoms. The predicted molar refractivity (Wildman–Crippen MR) is 67.2 cm³/mol. The Morgan fingerprint density at radius 1 is 1.39 bits per heavy atom. The number of amides is 1. The maximum Gasteiger partial charge on any atom is 0.339 e. The van der Waals surface area contributed by atoms with E-state index in [1.165, 1.54) is 7.11 Å². The lowest BCUT2D eigenvalue weighted by Gasteiger charge is -2.23. The lowest BCUT2D eigenvalue weighted by molar-refractivity contribution is -0.121. The van der Waals surface area contributed by atoms with Crippen LogP contribution in [0.4, 0.5) is 5.82 Å². The first kappa shape index (κ1) is 14.0. The van der Waals surface area contributed by atoms with Crippen LogP contribution in [0, 0.1) is 6.92 Å². The Morgan fingerprint density at radius 3 is 2.44 bits per heavy atom. The number of hydrogen-bond acceptors (Lipinski definition) is 5. The first-order valence-electron chi connectivity index (χ1n) is 5.42. The van der Waals surface area contributed by atoms with E-state index in [0.717, 1.165) is 0 Å². The molecule has 98 valence electrons. The third kappa shape index (κ3) is 2.97. The van der Waals surface area contributed by atoms with Gasteiger partial charge in [0.2, 0.25) is 5.91 Å². The van der Waals surface area contributed by atoms with Gasteiger partial charge in [-0.2, -0.15) is 0 Å². The molecule has 0 bridgehead atoms. The number of nitrogens with two attached hydrogens (primary N) is 1. The fourth-order valence-corrected chi connectivity index (χ4v) is 1.34. The van der Waals surface area contributed by atoms with E-state index in [0.29, 0.717) is 17.1 Å². The van der Waals surface area contributed by atoms with Crippen LogP contribution in [0.5, 0.6) is 0 Å². The van der Waals surface area contributed by atoms with Crippen molar-refractivity contribution in [2.45, 2.75) is 26.3 Å². The molecule has 0 aliphatic rings. The third-order valence-corrected chi connectivity index (χ3v) is 2.55. The normalized spacial score (nSPS) is 10.9. The molecule has 0 aliphatic carbocycles. The van der Waals surface area contributed by atoms with E-state index >= 15 is 0 Å². The summed E-state index contributed by atoms with van der Waals surface area (Å²) in [6.07, 6.45) is 0. The fourth-order valence-electron chi connectivity index (χ4n) is 1.34. The topological polar surface area (TPSA) is 94.3 Å². The Balaban J connectivity index is 2.99. The van der Waals surface area contributed by atoms with Crippen LogP contribution in [0.2, 0.25) is 0 Å². The van der Waals surface area contributed by atoms with Gasteiger partial charge in [0.1, 0.15) is 11.4 Å². The molecule has 1 amide bonds. The van der Waals surface area contributed by atoms with Crippen LogP contribution in [0.15, 0.2) is 12.1 Å². The summed E-state index contributed by atoms with van der Waals surface area (Å²) in [5, 5.41) is 2.90. The zero-order chi connectivity index (χ0) is 13.9. The number of hydrogen-bond donors (Lipinski definition) is 2. The van der Waals surface area contributed by atoms with Crippen LogP contribution < -0.4 is 11.1 Å². The molecule has 3 N–H and O–H groups in total. The van der Waals surface area contributed by atoms with Crippen LogP contribution in [0.3, 0.4) is 0 Å². The predicted octanol–water partition coefficient (Wildman–Crippen LogP) is 0.852. The number of carbonyl (C=O) groups excluding carboxylic acids is 2. The van der Waals surface area contributed by atoms with Crippen LogP contribution in [-0.2, 0) is 9.53 Å². The van der Waals surface area contributed by atoms with Gasteiger partial charge in [0.05, 0.1) is 18.4 Å². The molecule has 6 heteroatoms. The average Bonchev–Trinajstić information content (AvgIpc) is 2.27. The van der Waals surface area contributed by atoms with Crippen molar-refractivity contribution in [3.05, 3.63) is 23.4 Å². The van der Waals surface area contributed by atoms with E-state index in [9.17, 15) is 9.59 Å². The minimum absolute atomic E-state index is 0.389. The van der Waals surface area contributed by atoms with Crippen LogP contribution in [0.25, 0.3) is 0 Å². The van der Waals surface area contributed by atoms with Gasteiger partial charge in [-0.05, 0) is 32.9 Å². The van der Waals surface area contributed by atoms with E-state index < -0.39 is 17.4 Å². The standard InChI is InChI=1S/C12H17N3O3/c1-7-8(10(16)18-4)5-6-9(14-7)15-12(2,3)11(13)17/h5-6H,1-4H3,(H2,13,17)(H,14,15). The molecule has 0 radical (unpaired) electrons. The molecule has 6 nitrogen and oxygen atoms in total. The minimum Gasteiger partial charge on any atom is -0.465 e. The van der Waals surface area contributed by atoms with Crippen molar-refractivity contribution < 1.29 is 14.3 Å². The number of esters is 1. The van der Waals surface area contributed by atoms with Gasteiger partial charge in [-0.3, -0.25) is 4.79 Å². The summed E-state index contributed by atoms with van der Waals surface area (Å²) in [6.45, 7) is 5.00. The summed E-state index contributed by atoms with van der Waals surface area (Å²) in [5.41, 5.74) is 5.25. The lowest BCUT2D eigenvalue weighted by Crippen LogP contribution is -2.45. The fraction of sp³-hybridized carbons (Fsp3) is 0.417. The number of primary amides is 1. The Labute approximate surface area is 106 Å². The van der Waals surface area contributed by atoms with Gasteiger partial charge in [0.25, 0.3) is 0 Å². The smallest absolute Gasteiger partial charge is 0.339 e. The molecule has 0 fully saturated rings. The maximum absolute atomic E-state index is 11.4. The average molecular weight is 251 g/mol. The molecule has 0 atom stereocenters. The Hall–Kier alpha value is -2.11. The number of pyridine rings is 1. The van der Waals surface area contributed by atoms with Gasteiger partial charge >= 0.3 is 5.97 Å². The zero-order valence-corrected chi connectivity index (χ0v) is 10.9. The Morgan fingerprint density at radius 2 is 2.00 bits per heavy atom. The number of rotatable bonds is 4. The van der Waals surface area contributed by atoms with Crippen molar-refractivity contribution in [3.63, 3.8) is 0 Å². The molecule has 1 heterocycles. The first-order chi connectivity index (χ1) is 8.27. The van der Waals surface area contributed by atoms with Gasteiger partial charge in [-0.25, -0.2) is 9.78 Å². The number of aryl methyl sites for hydroxylation is 1. The van der Waals surface area contributed by atoms with E-state index in [2.05, 4.69) is 15.0 Å². The summed E-state index contributed by atoms with van der Waals surface area (Å²) in [4.78, 5) is 26.8. The molecule has 0 aliphatic heterocycles. The summed E-state index contributed by atoms with van der Waals surface area (Å²) >= 11 is 0. The van der Waals surface area contributed by atoms with Crippen molar-refractivity contribution in [1.82, 2.24) is 4.98 Å². The zero-order valence-electron chi connectivity index (χ0n) is 10.9. The Kier molecular flexibility index (Phi) is 3.90. The van der Waals surface area contributed by atoms with Gasteiger partial charge < -0.3 is 15.8 Å². The van der Waals surface area contributed by atoms with Gasteiger partial charge in [-0.1, -0.05) is 0 Å². The highest BCUT2D eigenvalue weighted by molar-refractivity contribution is 5.91. The molecular formula is C12H17N3O3. The highest BCUT2D eigenvalue weighted by atomic mass is 16.5. The number of anilines is 1. The second kappa shape index (κ2) is 5.03. The van der Waals surface area contributed by atoms with Gasteiger partial charge in [0.15, 0.2) is 0 Å². The molecule has 0 saturated heterocycles. The minimum atomic E-state index is -0.910. The molecule has 0 aromatic carbocycles. The lowest BCUT2D eigenvalue weighted by atomic mass is 10.1. The number of carbonyl (C=O) groups is 2. The number of ether oxygens (including phenoxy) is 1. The molecule has 0 spiro atoms. The van der Waals surface area contributed by atoms with Crippen LogP contribution in [0.1, 0.15) is 29.9 Å². The van der Waals surface area contributed by atoms with Crippen molar-refractivity contribution in [3.8, 4) is 0 Å². The second-order valence-corrected chi connectivity index (χ2v) is 4.44. The second-order valence-electron chi connectivity index (χ2n) is 4.44. The number of nitrogens with zero attached hydrogens (tertiary/aromatic N) is 1. The molecule has 1 aromatic heterocycles. The maximum atomic E-state index is 11.4. The Bertz CT molecular complexity index is 483. The highest BCUT2D eigenvalue weighted by Crippen LogP contribution is 2.16. The number of methoxy groups -OCH3 is 1. The highest BCUT2D eigenvalue weighted by Gasteiger charge is 2.25. The molecular weight excluding hydrogens is 234 g/mol. The number of nitrogens with one attached hydrogen (secondary N) is 1.